The first-order chi connectivity index (χ1) is 24.7. The number of carbonyl (C=O) groups excluding carboxylic acids is 2. The molecular formula is C33H39O19+. The smallest absolute Gasteiger partial charge is 0.402 e. The zero-order valence-corrected chi connectivity index (χ0v) is 27.9. The summed E-state index contributed by atoms with van der Waals surface area (Å²) in [6, 6.07) is 6.21. The highest BCUT2D eigenvalue weighted by molar-refractivity contribution is 5.94. The fourth-order valence-electron chi connectivity index (χ4n) is 5.58. The molecule has 0 bridgehead atoms. The van der Waals surface area contributed by atoms with E-state index in [1.165, 1.54) is 45.4 Å². The monoisotopic (exact) mass is 739 g/mol. The van der Waals surface area contributed by atoms with E-state index in [4.69, 9.17) is 37.6 Å². The van der Waals surface area contributed by atoms with Crippen LogP contribution in [0.25, 0.3) is 22.3 Å². The van der Waals surface area contributed by atoms with Crippen molar-refractivity contribution in [3.8, 4) is 45.8 Å². The second-order valence-electron chi connectivity index (χ2n) is 12.0. The molecule has 2 fully saturated rings. The van der Waals surface area contributed by atoms with E-state index in [1.54, 1.807) is 0 Å². The second-order valence-corrected chi connectivity index (χ2v) is 12.0. The Kier molecular flexibility index (Phi) is 11.9. The molecule has 2 aromatic carbocycles. The van der Waals surface area contributed by atoms with Gasteiger partial charge in [0.25, 0.3) is 0 Å². The molecule has 2 aliphatic rings. The molecule has 19 heteroatoms. The summed E-state index contributed by atoms with van der Waals surface area (Å²) in [5.74, 6) is -2.97. The van der Waals surface area contributed by atoms with E-state index in [-0.39, 0.29) is 51.0 Å². The molecule has 3 aromatic rings. The molecule has 5 unspecified atom stereocenters. The third kappa shape index (κ3) is 7.92. The maximum Gasteiger partial charge on any atom is 0.402 e. The van der Waals surface area contributed by atoms with E-state index in [0.717, 1.165) is 6.07 Å². The maximum atomic E-state index is 11.9. The van der Waals surface area contributed by atoms with Gasteiger partial charge in [-0.25, -0.2) is 4.42 Å². The molecule has 3 heterocycles. The number of aromatic hydroxyl groups is 2. The highest BCUT2D eigenvalue weighted by Gasteiger charge is 2.47. The Balaban J connectivity index is 1.58. The van der Waals surface area contributed by atoms with Crippen LogP contribution >= 0.6 is 0 Å². The normalized spacial score (nSPS) is 29.0. The Labute approximate surface area is 294 Å². The summed E-state index contributed by atoms with van der Waals surface area (Å²) in [6.07, 6.45) is -17.7. The predicted octanol–water partition coefficient (Wildman–Crippen LogP) is -1.30. The molecule has 2 saturated heterocycles. The van der Waals surface area contributed by atoms with E-state index in [9.17, 15) is 55.5 Å². The van der Waals surface area contributed by atoms with Gasteiger partial charge in [-0.15, -0.1) is 0 Å². The van der Waals surface area contributed by atoms with Crippen LogP contribution < -0.4 is 18.9 Å². The fraction of sp³-hybridized carbons (Fsp3) is 0.485. The first-order valence-electron chi connectivity index (χ1n) is 15.7. The highest BCUT2D eigenvalue weighted by atomic mass is 16.7. The standard InChI is InChI=1S/C33H38O19/c1-12(35)4-23(37)47-11-22-26(40)28(42)30(44)32(52-22)49-17-8-14(36)7-16-15(17)9-20(50-33-29(43)27(41)25(39)21(10-34)51-33)31(48-16)13-5-18(45-2)24(38)19(6-13)46-3/h5-9,21-22,25-30,32-34,39-44H,4,10-11H2,1-3H3,(H-,36,38)/p+1/t21?,22?,25-,26-,27?,28+,29?,30?,32-,33-/m1/s1. The Morgan fingerprint density at radius 1 is 0.731 bits per heavy atom. The van der Waals surface area contributed by atoms with Crippen molar-refractivity contribution < 1.29 is 93.1 Å². The minimum absolute atomic E-state index is 0.000281. The van der Waals surface area contributed by atoms with Gasteiger partial charge in [-0.05, 0) is 6.92 Å². The van der Waals surface area contributed by atoms with Gasteiger partial charge in [0, 0.05) is 24.3 Å². The molecule has 0 aliphatic carbocycles. The predicted molar refractivity (Wildman–Crippen MR) is 170 cm³/mol. The SMILES string of the molecule is COc1cc(-c2[o+]c3cc(O)cc(O[C@@H]4OC(COC(=O)CC(C)=O)[C@@H](O)[C@H](O)C4O)c3cc2O[C@@H]2OC(CO)[C@@H](O)C(O)C2O)cc(OC)c1O. The fourth-order valence-corrected chi connectivity index (χ4v) is 5.58. The Morgan fingerprint density at radius 2 is 1.29 bits per heavy atom. The lowest BCUT2D eigenvalue weighted by Crippen LogP contribution is -2.60. The van der Waals surface area contributed by atoms with Crippen LogP contribution in [0.3, 0.4) is 0 Å². The Bertz CT molecular complexity index is 1740. The summed E-state index contributed by atoms with van der Waals surface area (Å²) in [4.78, 5) is 23.2. The van der Waals surface area contributed by atoms with E-state index in [2.05, 4.69) is 0 Å². The van der Waals surface area contributed by atoms with Gasteiger partial charge in [-0.3, -0.25) is 9.59 Å². The van der Waals surface area contributed by atoms with Gasteiger partial charge < -0.3 is 79.1 Å². The molecule has 10 atom stereocenters. The van der Waals surface area contributed by atoms with Crippen LogP contribution in [0.1, 0.15) is 13.3 Å². The quantitative estimate of drug-likeness (QED) is 0.0592. The van der Waals surface area contributed by atoms with Gasteiger partial charge in [0.05, 0.1) is 32.5 Å². The van der Waals surface area contributed by atoms with Crippen molar-refractivity contribution in [2.24, 2.45) is 0 Å². The third-order valence-corrected chi connectivity index (χ3v) is 8.35. The van der Waals surface area contributed by atoms with Crippen LogP contribution in [0.15, 0.2) is 34.7 Å². The number of ketones is 1. The lowest BCUT2D eigenvalue weighted by atomic mass is 9.99. The summed E-state index contributed by atoms with van der Waals surface area (Å²) in [6.45, 7) is -0.220. The first-order valence-corrected chi connectivity index (χ1v) is 15.7. The molecule has 1 aromatic heterocycles. The van der Waals surface area contributed by atoms with Crippen molar-refractivity contribution in [2.75, 3.05) is 27.4 Å². The van der Waals surface area contributed by atoms with Crippen LogP contribution in [0.2, 0.25) is 0 Å². The molecule has 9 N–H and O–H groups in total. The number of benzene rings is 2. The van der Waals surface area contributed by atoms with Crippen molar-refractivity contribution in [3.05, 3.63) is 30.3 Å². The van der Waals surface area contributed by atoms with Gasteiger partial charge in [-0.1, -0.05) is 0 Å². The molecule has 0 saturated carbocycles. The average molecular weight is 740 g/mol. The van der Waals surface area contributed by atoms with Crippen molar-refractivity contribution in [3.63, 3.8) is 0 Å². The van der Waals surface area contributed by atoms with Crippen LogP contribution in [0.4, 0.5) is 0 Å². The summed E-state index contributed by atoms with van der Waals surface area (Å²) >= 11 is 0. The van der Waals surface area contributed by atoms with Crippen molar-refractivity contribution in [1.29, 1.82) is 0 Å². The number of rotatable bonds is 12. The number of hydrogen-bond acceptors (Lipinski definition) is 18. The van der Waals surface area contributed by atoms with Crippen molar-refractivity contribution in [1.82, 2.24) is 0 Å². The van der Waals surface area contributed by atoms with E-state index < -0.39 is 98.5 Å². The van der Waals surface area contributed by atoms with Crippen LogP contribution in [-0.2, 0) is 23.8 Å². The summed E-state index contributed by atoms with van der Waals surface area (Å²) in [7, 11) is 2.56. The van der Waals surface area contributed by atoms with E-state index in [0.29, 0.717) is 0 Å². The molecule has 19 nitrogen and oxygen atoms in total. The minimum Gasteiger partial charge on any atom is -0.507 e. The van der Waals surface area contributed by atoms with Crippen LogP contribution in [-0.4, -0.2) is 147 Å². The number of ether oxygens (including phenoxy) is 7. The molecule has 0 spiro atoms. The third-order valence-electron chi connectivity index (χ3n) is 8.35. The minimum atomic E-state index is -1.89. The number of hydrogen-bond donors (Lipinski definition) is 9. The van der Waals surface area contributed by atoms with E-state index >= 15 is 0 Å². The number of phenols is 2. The van der Waals surface area contributed by atoms with Crippen LogP contribution in [0.5, 0.6) is 34.5 Å². The molecule has 0 radical (unpaired) electrons. The lowest BCUT2D eigenvalue weighted by molar-refractivity contribution is -0.278. The largest absolute Gasteiger partial charge is 0.507 e. The zero-order valence-electron chi connectivity index (χ0n) is 27.9. The topological polar surface area (TPSA) is 292 Å². The first kappa shape index (κ1) is 38.7. The summed E-state index contributed by atoms with van der Waals surface area (Å²) < 4.78 is 44.7. The molecule has 284 valence electrons. The molecule has 5 rings (SSSR count). The molecule has 52 heavy (non-hydrogen) atoms. The maximum absolute atomic E-state index is 11.9. The summed E-state index contributed by atoms with van der Waals surface area (Å²) in [5, 5.41) is 94.1. The number of esters is 1. The molecule has 2 aliphatic heterocycles. The Hall–Kier alpha value is -4.57. The van der Waals surface area contributed by atoms with Crippen molar-refractivity contribution in [2.45, 2.75) is 74.8 Å². The molecular weight excluding hydrogens is 700 g/mol. The number of Topliss-reactive ketones (excluding diaryl/α,β-unsaturated/α-hetero) is 1. The average Bonchev–Trinajstić information content (AvgIpc) is 3.11. The molecule has 0 amide bonds. The van der Waals surface area contributed by atoms with Crippen LogP contribution in [0, 0.1) is 0 Å². The number of fused-ring (bicyclic) bond motifs is 1. The number of aliphatic hydroxyl groups is 7. The number of phenolic OH excluding ortho intramolecular Hbond substituents is 2. The van der Waals surface area contributed by atoms with Gasteiger partial charge in [-0.2, -0.15) is 0 Å². The zero-order chi connectivity index (χ0) is 38.0. The number of methoxy groups -OCH3 is 2. The van der Waals surface area contributed by atoms with E-state index in [1.807, 2.05) is 0 Å². The van der Waals surface area contributed by atoms with Gasteiger partial charge >= 0.3 is 17.3 Å². The second kappa shape index (κ2) is 16.0. The Morgan fingerprint density at radius 3 is 1.85 bits per heavy atom. The number of carbonyl (C=O) groups is 2. The lowest BCUT2D eigenvalue weighted by Gasteiger charge is -2.40. The van der Waals surface area contributed by atoms with Gasteiger partial charge in [0.15, 0.2) is 11.5 Å². The van der Waals surface area contributed by atoms with Gasteiger partial charge in [0.2, 0.25) is 24.1 Å². The van der Waals surface area contributed by atoms with Crippen molar-refractivity contribution >= 4 is 22.7 Å². The summed E-state index contributed by atoms with van der Waals surface area (Å²) in [5.41, 5.74) is 0.0434. The van der Waals surface area contributed by atoms with Gasteiger partial charge in [0.1, 0.15) is 84.5 Å². The number of aliphatic hydroxyl groups excluding tert-OH is 7. The highest BCUT2D eigenvalue weighted by Crippen LogP contribution is 2.46.